The first kappa shape index (κ1) is 14.9. The Morgan fingerprint density at radius 2 is 2.14 bits per heavy atom. The third-order valence-corrected chi connectivity index (χ3v) is 3.70. The quantitative estimate of drug-likeness (QED) is 0.830. The van der Waals surface area contributed by atoms with Gasteiger partial charge in [-0.2, -0.15) is 0 Å². The Morgan fingerprint density at radius 3 is 2.71 bits per heavy atom. The van der Waals surface area contributed by atoms with Crippen molar-refractivity contribution in [3.05, 3.63) is 35.4 Å². The van der Waals surface area contributed by atoms with E-state index in [2.05, 4.69) is 11.2 Å². The maximum absolute atomic E-state index is 12.3. The fourth-order valence-corrected chi connectivity index (χ4v) is 2.45. The molecule has 110 valence electrons. The Morgan fingerprint density at radius 1 is 1.48 bits per heavy atom. The highest BCUT2D eigenvalue weighted by Crippen LogP contribution is 2.23. The zero-order valence-electron chi connectivity index (χ0n) is 11.9. The highest BCUT2D eigenvalue weighted by atomic mass is 16.4. The largest absolute Gasteiger partial charge is 0.480 e. The molecule has 1 aliphatic heterocycles. The number of hydrogen-bond donors (Lipinski definition) is 2. The van der Waals surface area contributed by atoms with Crippen LogP contribution in [-0.4, -0.2) is 34.1 Å². The van der Waals surface area contributed by atoms with Gasteiger partial charge < -0.3 is 15.3 Å². The van der Waals surface area contributed by atoms with Crippen LogP contribution < -0.4 is 5.32 Å². The molecule has 0 aromatic heterocycles. The van der Waals surface area contributed by atoms with Crippen molar-refractivity contribution in [1.29, 1.82) is 0 Å². The number of rotatable bonds is 3. The van der Waals surface area contributed by atoms with Crippen LogP contribution in [0.15, 0.2) is 24.3 Å². The number of benzene rings is 1. The van der Waals surface area contributed by atoms with Gasteiger partial charge in [0.15, 0.2) is 0 Å². The lowest BCUT2D eigenvalue weighted by Gasteiger charge is -2.35. The van der Waals surface area contributed by atoms with Crippen LogP contribution in [0.3, 0.4) is 0 Å². The first-order valence-corrected chi connectivity index (χ1v) is 6.89. The van der Waals surface area contributed by atoms with Gasteiger partial charge in [0.25, 0.3) is 0 Å². The number of carbonyl (C=O) groups excluding carboxylic acids is 1. The molecule has 1 unspecified atom stereocenters. The van der Waals surface area contributed by atoms with E-state index < -0.39 is 18.0 Å². The molecule has 2 N–H and O–H groups in total. The minimum atomic E-state index is -1.01. The molecule has 0 spiro atoms. The molecule has 0 radical (unpaired) electrons. The average Bonchev–Trinajstić information content (AvgIpc) is 2.50. The number of amides is 2. The van der Waals surface area contributed by atoms with E-state index in [4.69, 9.17) is 6.42 Å². The van der Waals surface area contributed by atoms with Crippen LogP contribution in [0.1, 0.15) is 24.5 Å². The van der Waals surface area contributed by atoms with Gasteiger partial charge in [0.05, 0.1) is 6.04 Å². The van der Waals surface area contributed by atoms with Crippen LogP contribution >= 0.6 is 0 Å². The molecule has 0 saturated carbocycles. The Hall–Kier alpha value is -2.48. The lowest BCUT2D eigenvalue weighted by Crippen LogP contribution is -2.53. The lowest BCUT2D eigenvalue weighted by molar-refractivity contribution is -0.142. The van der Waals surface area contributed by atoms with Gasteiger partial charge in [0.2, 0.25) is 0 Å². The van der Waals surface area contributed by atoms with Gasteiger partial charge in [-0.3, -0.25) is 0 Å². The molecule has 2 rings (SSSR count). The van der Waals surface area contributed by atoms with E-state index in [0.717, 1.165) is 11.1 Å². The monoisotopic (exact) mass is 286 g/mol. The molecule has 5 heteroatoms. The van der Waals surface area contributed by atoms with E-state index in [1.54, 1.807) is 0 Å². The lowest BCUT2D eigenvalue weighted by atomic mass is 9.94. The Kier molecular flexibility index (Phi) is 4.49. The predicted molar refractivity (Wildman–Crippen MR) is 78.6 cm³/mol. The first-order chi connectivity index (χ1) is 10.1. The number of nitrogens with zero attached hydrogens (tertiary/aromatic N) is 1. The minimum absolute atomic E-state index is 0.278. The van der Waals surface area contributed by atoms with Crippen molar-refractivity contribution in [1.82, 2.24) is 10.2 Å². The minimum Gasteiger partial charge on any atom is -0.480 e. The summed E-state index contributed by atoms with van der Waals surface area (Å²) >= 11 is 0. The average molecular weight is 286 g/mol. The summed E-state index contributed by atoms with van der Waals surface area (Å²) in [6.07, 6.45) is 6.25. The fraction of sp³-hybridized carbons (Fsp3) is 0.375. The summed E-state index contributed by atoms with van der Waals surface area (Å²) in [6, 6.07) is 5.88. The van der Waals surface area contributed by atoms with E-state index >= 15 is 0 Å². The second-order valence-corrected chi connectivity index (χ2v) is 5.03. The number of carboxylic acid groups (broad SMARTS) is 1. The maximum atomic E-state index is 12.3. The molecule has 5 nitrogen and oxygen atoms in total. The number of urea groups is 1. The highest BCUT2D eigenvalue weighted by molar-refractivity contribution is 5.84. The van der Waals surface area contributed by atoms with Gasteiger partial charge in [-0.25, -0.2) is 9.59 Å². The summed E-state index contributed by atoms with van der Waals surface area (Å²) in [5.41, 5.74) is 1.94. The third kappa shape index (κ3) is 3.16. The summed E-state index contributed by atoms with van der Waals surface area (Å²) in [5, 5.41) is 12.1. The number of hydrogen-bond acceptors (Lipinski definition) is 2. The Labute approximate surface area is 124 Å². The summed E-state index contributed by atoms with van der Waals surface area (Å²) in [7, 11) is 0. The van der Waals surface area contributed by atoms with E-state index in [1.807, 2.05) is 31.2 Å². The molecule has 2 amide bonds. The number of carbonyl (C=O) groups is 2. The van der Waals surface area contributed by atoms with Crippen LogP contribution in [0, 0.1) is 12.3 Å². The van der Waals surface area contributed by atoms with Gasteiger partial charge in [-0.1, -0.05) is 37.1 Å². The van der Waals surface area contributed by atoms with Gasteiger partial charge in [-0.05, 0) is 17.5 Å². The summed E-state index contributed by atoms with van der Waals surface area (Å²) < 4.78 is 0. The SMILES string of the molecule is C#CC(CC)NC(=O)N1Cc2ccccc2C[C@H]1C(=O)O. The molecule has 0 saturated heterocycles. The molecule has 1 aliphatic rings. The van der Waals surface area contributed by atoms with Crippen LogP contribution in [0.5, 0.6) is 0 Å². The maximum Gasteiger partial charge on any atom is 0.326 e. The molecule has 0 aliphatic carbocycles. The van der Waals surface area contributed by atoms with Crippen molar-refractivity contribution in [2.45, 2.75) is 38.4 Å². The van der Waals surface area contributed by atoms with Gasteiger partial charge in [0, 0.05) is 13.0 Å². The number of carboxylic acids is 1. The molecule has 2 atom stereocenters. The van der Waals surface area contributed by atoms with E-state index in [9.17, 15) is 14.7 Å². The molecule has 21 heavy (non-hydrogen) atoms. The molecule has 1 heterocycles. The standard InChI is InChI=1S/C16H18N2O3/c1-3-13(4-2)17-16(21)18-10-12-8-6-5-7-11(12)9-14(18)15(19)20/h1,5-8,13-14H,4,9-10H2,2H3,(H,17,21)(H,19,20)/t13?,14-/m0/s1. The van der Waals surface area contributed by atoms with Crippen LogP contribution in [0.4, 0.5) is 4.79 Å². The molecule has 0 bridgehead atoms. The Bertz CT molecular complexity index is 591. The molecular formula is C16H18N2O3. The number of aliphatic carboxylic acids is 1. The van der Waals surface area contributed by atoms with E-state index in [0.29, 0.717) is 12.8 Å². The topological polar surface area (TPSA) is 69.6 Å². The van der Waals surface area contributed by atoms with Gasteiger partial charge in [-0.15, -0.1) is 6.42 Å². The zero-order chi connectivity index (χ0) is 15.4. The molecule has 1 aromatic rings. The number of nitrogens with one attached hydrogen (secondary N) is 1. The van der Waals surface area contributed by atoms with Crippen molar-refractivity contribution >= 4 is 12.0 Å². The smallest absolute Gasteiger partial charge is 0.326 e. The van der Waals surface area contributed by atoms with Crippen LogP contribution in [-0.2, 0) is 17.8 Å². The zero-order valence-corrected chi connectivity index (χ0v) is 11.9. The van der Waals surface area contributed by atoms with Crippen molar-refractivity contribution in [2.75, 3.05) is 0 Å². The van der Waals surface area contributed by atoms with E-state index in [1.165, 1.54) is 4.90 Å². The second kappa shape index (κ2) is 6.31. The molecule has 0 fully saturated rings. The van der Waals surface area contributed by atoms with Crippen LogP contribution in [0.2, 0.25) is 0 Å². The van der Waals surface area contributed by atoms with Crippen molar-refractivity contribution in [3.8, 4) is 12.3 Å². The summed E-state index contributed by atoms with van der Waals surface area (Å²) in [5.74, 6) is 1.47. The second-order valence-electron chi connectivity index (χ2n) is 5.03. The van der Waals surface area contributed by atoms with Crippen molar-refractivity contribution in [3.63, 3.8) is 0 Å². The van der Waals surface area contributed by atoms with Gasteiger partial charge in [0.1, 0.15) is 6.04 Å². The fourth-order valence-electron chi connectivity index (χ4n) is 2.45. The Balaban J connectivity index is 2.23. The summed E-state index contributed by atoms with van der Waals surface area (Å²) in [4.78, 5) is 25.1. The number of terminal acetylenes is 1. The molecule has 1 aromatic carbocycles. The normalized spacial score (nSPS) is 18.3. The van der Waals surface area contributed by atoms with E-state index in [-0.39, 0.29) is 12.6 Å². The van der Waals surface area contributed by atoms with Crippen LogP contribution in [0.25, 0.3) is 0 Å². The third-order valence-electron chi connectivity index (χ3n) is 3.70. The van der Waals surface area contributed by atoms with Crippen molar-refractivity contribution < 1.29 is 14.7 Å². The highest BCUT2D eigenvalue weighted by Gasteiger charge is 2.34. The summed E-state index contributed by atoms with van der Waals surface area (Å²) in [6.45, 7) is 2.14. The van der Waals surface area contributed by atoms with Crippen molar-refractivity contribution in [2.24, 2.45) is 0 Å². The predicted octanol–water partition coefficient (Wildman–Crippen LogP) is 1.62. The first-order valence-electron chi connectivity index (χ1n) is 6.89. The molecular weight excluding hydrogens is 268 g/mol. The number of fused-ring (bicyclic) bond motifs is 1. The van der Waals surface area contributed by atoms with Gasteiger partial charge >= 0.3 is 12.0 Å².